The fourth-order valence-corrected chi connectivity index (χ4v) is 5.19. The van der Waals surface area contributed by atoms with Crippen molar-refractivity contribution in [1.82, 2.24) is 4.90 Å². The average Bonchev–Trinajstić information content (AvgIpc) is 2.94. The van der Waals surface area contributed by atoms with Gasteiger partial charge >= 0.3 is 0 Å². The molecule has 2 unspecified atom stereocenters. The molecule has 0 spiro atoms. The van der Waals surface area contributed by atoms with E-state index in [9.17, 15) is 9.59 Å². The van der Waals surface area contributed by atoms with Gasteiger partial charge in [0.15, 0.2) is 11.6 Å². The molecule has 2 aliphatic heterocycles. The minimum Gasteiger partial charge on any atom is -0.368 e. The maximum absolute atomic E-state index is 12.6. The zero-order valence-electron chi connectivity index (χ0n) is 17.6. The Morgan fingerprint density at radius 1 is 0.897 bits per heavy atom. The van der Waals surface area contributed by atoms with Crippen LogP contribution in [0.25, 0.3) is 0 Å². The van der Waals surface area contributed by atoms with E-state index in [1.165, 1.54) is 18.4 Å². The minimum atomic E-state index is -0.0143. The van der Waals surface area contributed by atoms with Crippen molar-refractivity contribution in [3.05, 3.63) is 64.7 Å². The standard InChI is InChI=1S/C25H30N2O2/c1-4-20-10-13-23(25(18(3)29)24(20)17(2)28)26-15-21-11-12-22(16-26)27(21)14-19-8-6-5-7-9-19/h5-10,13,21-22H,4,11-12,14-16H2,1-3H3. The van der Waals surface area contributed by atoms with Crippen LogP contribution >= 0.6 is 0 Å². The number of hydrogen-bond donors (Lipinski definition) is 0. The molecule has 0 aliphatic carbocycles. The summed E-state index contributed by atoms with van der Waals surface area (Å²) in [6.07, 6.45) is 3.14. The maximum Gasteiger partial charge on any atom is 0.162 e. The number of piperazine rings is 1. The van der Waals surface area contributed by atoms with Gasteiger partial charge in [0.05, 0.1) is 5.56 Å². The molecule has 0 radical (unpaired) electrons. The number of benzene rings is 2. The Morgan fingerprint density at radius 2 is 1.52 bits per heavy atom. The lowest BCUT2D eigenvalue weighted by molar-refractivity contribution is 0.0980. The van der Waals surface area contributed by atoms with Crippen molar-refractivity contribution in [2.75, 3.05) is 18.0 Å². The number of nitrogens with zero attached hydrogens (tertiary/aromatic N) is 2. The third-order valence-electron chi connectivity index (χ3n) is 6.54. The van der Waals surface area contributed by atoms with Crippen LogP contribution < -0.4 is 4.90 Å². The first-order valence-corrected chi connectivity index (χ1v) is 10.7. The lowest BCUT2D eigenvalue weighted by atomic mass is 9.91. The predicted octanol–water partition coefficient (Wildman–Crippen LogP) is 4.51. The molecule has 4 rings (SSSR count). The number of Topliss-reactive ketones (excluding diaryl/α,β-unsaturated/α-hetero) is 2. The van der Waals surface area contributed by atoms with Gasteiger partial charge in [-0.15, -0.1) is 0 Å². The smallest absolute Gasteiger partial charge is 0.162 e. The molecule has 2 fully saturated rings. The number of aryl methyl sites for hydroxylation is 1. The van der Waals surface area contributed by atoms with Crippen LogP contribution in [-0.4, -0.2) is 41.6 Å². The number of carbonyl (C=O) groups is 2. The Morgan fingerprint density at radius 3 is 2.07 bits per heavy atom. The van der Waals surface area contributed by atoms with Crippen molar-refractivity contribution in [3.63, 3.8) is 0 Å². The molecule has 4 heteroatoms. The van der Waals surface area contributed by atoms with E-state index in [2.05, 4.69) is 46.2 Å². The van der Waals surface area contributed by atoms with Gasteiger partial charge in [-0.05, 0) is 50.3 Å². The zero-order chi connectivity index (χ0) is 20.5. The summed E-state index contributed by atoms with van der Waals surface area (Å²) in [6, 6.07) is 15.7. The quantitative estimate of drug-likeness (QED) is 0.681. The van der Waals surface area contributed by atoms with Crippen molar-refractivity contribution in [3.8, 4) is 0 Å². The Bertz CT molecular complexity index is 908. The molecule has 2 bridgehead atoms. The highest BCUT2D eigenvalue weighted by molar-refractivity contribution is 6.11. The Balaban J connectivity index is 1.64. The predicted molar refractivity (Wildman–Crippen MR) is 117 cm³/mol. The van der Waals surface area contributed by atoms with Crippen molar-refractivity contribution in [2.24, 2.45) is 0 Å². The first-order chi connectivity index (χ1) is 14.0. The van der Waals surface area contributed by atoms with Crippen molar-refractivity contribution >= 4 is 17.3 Å². The monoisotopic (exact) mass is 390 g/mol. The van der Waals surface area contributed by atoms with Crippen LogP contribution in [0.2, 0.25) is 0 Å². The van der Waals surface area contributed by atoms with Crippen LogP contribution in [0.15, 0.2) is 42.5 Å². The van der Waals surface area contributed by atoms with Crippen LogP contribution in [0.1, 0.15) is 65.5 Å². The third kappa shape index (κ3) is 3.74. The van der Waals surface area contributed by atoms with Crippen LogP contribution in [-0.2, 0) is 13.0 Å². The van der Waals surface area contributed by atoms with Crippen LogP contribution in [0.3, 0.4) is 0 Å². The molecule has 0 aromatic heterocycles. The molecule has 2 heterocycles. The van der Waals surface area contributed by atoms with E-state index in [1.54, 1.807) is 13.8 Å². The summed E-state index contributed by atoms with van der Waals surface area (Å²) in [5.41, 5.74) is 4.51. The van der Waals surface area contributed by atoms with E-state index >= 15 is 0 Å². The summed E-state index contributed by atoms with van der Waals surface area (Å²) in [5.74, 6) is -0.0286. The summed E-state index contributed by atoms with van der Waals surface area (Å²) in [6.45, 7) is 8.00. The lowest BCUT2D eigenvalue weighted by Gasteiger charge is -2.43. The van der Waals surface area contributed by atoms with Gasteiger partial charge in [-0.3, -0.25) is 14.5 Å². The van der Waals surface area contributed by atoms with Gasteiger partial charge < -0.3 is 4.90 Å². The highest BCUT2D eigenvalue weighted by Gasteiger charge is 2.40. The molecule has 4 nitrogen and oxygen atoms in total. The molecule has 2 aromatic rings. The Labute approximate surface area is 173 Å². The van der Waals surface area contributed by atoms with Crippen LogP contribution in [0.4, 0.5) is 5.69 Å². The van der Waals surface area contributed by atoms with Gasteiger partial charge in [0.2, 0.25) is 0 Å². The van der Waals surface area contributed by atoms with Crippen molar-refractivity contribution < 1.29 is 9.59 Å². The summed E-state index contributed by atoms with van der Waals surface area (Å²) >= 11 is 0. The van der Waals surface area contributed by atoms with Gasteiger partial charge in [-0.1, -0.05) is 43.3 Å². The zero-order valence-corrected chi connectivity index (χ0v) is 17.6. The summed E-state index contributed by atoms with van der Waals surface area (Å²) < 4.78 is 0. The van der Waals surface area contributed by atoms with E-state index in [1.807, 2.05) is 13.0 Å². The van der Waals surface area contributed by atoms with Crippen LogP contribution in [0, 0.1) is 0 Å². The molecule has 0 N–H and O–H groups in total. The largest absolute Gasteiger partial charge is 0.368 e. The Hall–Kier alpha value is -2.46. The second kappa shape index (κ2) is 8.11. The molecule has 0 amide bonds. The second-order valence-corrected chi connectivity index (χ2v) is 8.41. The molecule has 29 heavy (non-hydrogen) atoms. The van der Waals surface area contributed by atoms with E-state index < -0.39 is 0 Å². The van der Waals surface area contributed by atoms with Gasteiger partial charge in [0.25, 0.3) is 0 Å². The summed E-state index contributed by atoms with van der Waals surface area (Å²) in [7, 11) is 0. The van der Waals surface area contributed by atoms with Crippen LogP contribution in [0.5, 0.6) is 0 Å². The molecular formula is C25H30N2O2. The number of ketones is 2. The number of carbonyl (C=O) groups excluding carboxylic acids is 2. The van der Waals surface area contributed by atoms with E-state index in [0.717, 1.165) is 37.3 Å². The molecule has 2 saturated heterocycles. The number of rotatable bonds is 6. The highest BCUT2D eigenvalue weighted by atomic mass is 16.1. The van der Waals surface area contributed by atoms with Crippen molar-refractivity contribution in [1.29, 1.82) is 0 Å². The molecule has 152 valence electrons. The van der Waals surface area contributed by atoms with Gasteiger partial charge in [0.1, 0.15) is 0 Å². The van der Waals surface area contributed by atoms with E-state index in [0.29, 0.717) is 23.2 Å². The normalized spacial score (nSPS) is 21.4. The first kappa shape index (κ1) is 19.8. The first-order valence-electron chi connectivity index (χ1n) is 10.7. The van der Waals surface area contributed by atoms with Gasteiger partial charge in [0, 0.05) is 43.0 Å². The second-order valence-electron chi connectivity index (χ2n) is 8.41. The summed E-state index contributed by atoms with van der Waals surface area (Å²) in [4.78, 5) is 30.0. The van der Waals surface area contributed by atoms with Gasteiger partial charge in [-0.2, -0.15) is 0 Å². The highest BCUT2D eigenvalue weighted by Crippen LogP contribution is 2.36. The fourth-order valence-electron chi connectivity index (χ4n) is 5.19. The third-order valence-corrected chi connectivity index (χ3v) is 6.54. The number of fused-ring (bicyclic) bond motifs is 2. The fraction of sp³-hybridized carbons (Fsp3) is 0.440. The summed E-state index contributed by atoms with van der Waals surface area (Å²) in [5, 5.41) is 0. The Kier molecular flexibility index (Phi) is 5.55. The molecule has 0 saturated carbocycles. The average molecular weight is 391 g/mol. The molecule has 2 aliphatic rings. The lowest BCUT2D eigenvalue weighted by Crippen LogP contribution is -2.53. The number of hydrogen-bond acceptors (Lipinski definition) is 4. The topological polar surface area (TPSA) is 40.6 Å². The van der Waals surface area contributed by atoms with E-state index in [4.69, 9.17) is 0 Å². The maximum atomic E-state index is 12.6. The van der Waals surface area contributed by atoms with E-state index in [-0.39, 0.29) is 11.6 Å². The van der Waals surface area contributed by atoms with Gasteiger partial charge in [-0.25, -0.2) is 0 Å². The minimum absolute atomic E-state index is 0.0143. The SMILES string of the molecule is CCc1ccc(N2CC3CCC(C2)N3Cc2ccccc2)c(C(C)=O)c1C(C)=O. The number of anilines is 1. The molecular weight excluding hydrogens is 360 g/mol. The van der Waals surface area contributed by atoms with Crippen molar-refractivity contribution in [2.45, 2.75) is 58.7 Å². The molecule has 2 aromatic carbocycles. The molecule has 2 atom stereocenters.